The molecule has 6 nitrogen and oxygen atoms in total. The van der Waals surface area contributed by atoms with Crippen LogP contribution in [0.25, 0.3) is 0 Å². The SMILES string of the molecule is Cc1cc(C)n(C[C@H](C)NCc2noc(C3CCCC3)n2)n1. The van der Waals surface area contributed by atoms with E-state index in [1.54, 1.807) is 0 Å². The van der Waals surface area contributed by atoms with Gasteiger partial charge in [-0.1, -0.05) is 18.0 Å². The van der Waals surface area contributed by atoms with Crippen LogP contribution in [0.15, 0.2) is 10.6 Å². The average Bonchev–Trinajstić information content (AvgIpc) is 3.19. The molecule has 22 heavy (non-hydrogen) atoms. The van der Waals surface area contributed by atoms with Crippen molar-refractivity contribution < 1.29 is 4.52 Å². The van der Waals surface area contributed by atoms with Gasteiger partial charge in [0.05, 0.1) is 18.8 Å². The van der Waals surface area contributed by atoms with Gasteiger partial charge in [-0.05, 0) is 39.7 Å². The minimum atomic E-state index is 0.298. The van der Waals surface area contributed by atoms with Crippen molar-refractivity contribution in [3.63, 3.8) is 0 Å². The predicted octanol–water partition coefficient (Wildman–Crippen LogP) is 2.72. The molecule has 0 bridgehead atoms. The summed E-state index contributed by atoms with van der Waals surface area (Å²) in [5.41, 5.74) is 2.25. The first kappa shape index (κ1) is 15.2. The van der Waals surface area contributed by atoms with Gasteiger partial charge in [0.1, 0.15) is 0 Å². The van der Waals surface area contributed by atoms with Crippen LogP contribution in [0.2, 0.25) is 0 Å². The van der Waals surface area contributed by atoms with Crippen LogP contribution < -0.4 is 5.32 Å². The molecule has 0 aromatic carbocycles. The van der Waals surface area contributed by atoms with Crippen LogP contribution in [0, 0.1) is 13.8 Å². The van der Waals surface area contributed by atoms with Gasteiger partial charge < -0.3 is 9.84 Å². The third-order valence-corrected chi connectivity index (χ3v) is 4.35. The highest BCUT2D eigenvalue weighted by atomic mass is 16.5. The van der Waals surface area contributed by atoms with Gasteiger partial charge >= 0.3 is 0 Å². The van der Waals surface area contributed by atoms with E-state index in [-0.39, 0.29) is 0 Å². The molecule has 1 N–H and O–H groups in total. The first-order valence-corrected chi connectivity index (χ1v) is 8.18. The van der Waals surface area contributed by atoms with E-state index in [9.17, 15) is 0 Å². The topological polar surface area (TPSA) is 68.8 Å². The number of hydrogen-bond donors (Lipinski definition) is 1. The Hall–Kier alpha value is -1.69. The van der Waals surface area contributed by atoms with Gasteiger partial charge in [-0.3, -0.25) is 4.68 Å². The molecule has 1 fully saturated rings. The summed E-state index contributed by atoms with van der Waals surface area (Å²) in [6.45, 7) is 7.73. The summed E-state index contributed by atoms with van der Waals surface area (Å²) < 4.78 is 7.44. The van der Waals surface area contributed by atoms with Crippen LogP contribution in [-0.4, -0.2) is 26.0 Å². The first-order valence-electron chi connectivity index (χ1n) is 8.18. The van der Waals surface area contributed by atoms with E-state index >= 15 is 0 Å². The van der Waals surface area contributed by atoms with Gasteiger partial charge in [-0.25, -0.2) is 0 Å². The second-order valence-electron chi connectivity index (χ2n) is 6.42. The van der Waals surface area contributed by atoms with E-state index in [2.05, 4.69) is 40.5 Å². The summed E-state index contributed by atoms with van der Waals surface area (Å²) in [5, 5.41) is 12.0. The quantitative estimate of drug-likeness (QED) is 0.888. The Morgan fingerprint density at radius 2 is 2.14 bits per heavy atom. The first-order chi connectivity index (χ1) is 10.6. The number of nitrogens with zero attached hydrogens (tertiary/aromatic N) is 4. The summed E-state index contributed by atoms with van der Waals surface area (Å²) in [6.07, 6.45) is 4.92. The monoisotopic (exact) mass is 303 g/mol. The molecule has 0 radical (unpaired) electrons. The highest BCUT2D eigenvalue weighted by molar-refractivity contribution is 5.06. The van der Waals surface area contributed by atoms with Crippen LogP contribution >= 0.6 is 0 Å². The van der Waals surface area contributed by atoms with Crippen LogP contribution in [0.4, 0.5) is 0 Å². The lowest BCUT2D eigenvalue weighted by molar-refractivity contribution is 0.347. The molecule has 0 unspecified atom stereocenters. The second-order valence-corrected chi connectivity index (χ2v) is 6.42. The van der Waals surface area contributed by atoms with E-state index in [0.29, 0.717) is 18.5 Å². The lowest BCUT2D eigenvalue weighted by Gasteiger charge is -2.13. The zero-order valence-corrected chi connectivity index (χ0v) is 13.7. The molecule has 0 aliphatic heterocycles. The Labute approximate surface area is 131 Å². The summed E-state index contributed by atoms with van der Waals surface area (Å²) in [4.78, 5) is 4.53. The molecule has 120 valence electrons. The van der Waals surface area contributed by atoms with Crippen LogP contribution in [0.5, 0.6) is 0 Å². The molecular formula is C16H25N5O. The molecule has 1 saturated carbocycles. The van der Waals surface area contributed by atoms with Crippen LogP contribution in [0.1, 0.15) is 61.6 Å². The van der Waals surface area contributed by atoms with Crippen molar-refractivity contribution in [2.75, 3.05) is 0 Å². The summed E-state index contributed by atoms with van der Waals surface area (Å²) in [5.74, 6) is 2.05. The van der Waals surface area contributed by atoms with Crippen LogP contribution in [0.3, 0.4) is 0 Å². The van der Waals surface area contributed by atoms with Crippen molar-refractivity contribution in [2.24, 2.45) is 0 Å². The summed E-state index contributed by atoms with van der Waals surface area (Å²) in [6, 6.07) is 2.39. The van der Waals surface area contributed by atoms with E-state index in [4.69, 9.17) is 4.52 Å². The third kappa shape index (κ3) is 3.55. The normalized spacial score (nSPS) is 17.2. The fourth-order valence-electron chi connectivity index (χ4n) is 3.13. The molecule has 2 aromatic rings. The maximum Gasteiger partial charge on any atom is 0.229 e. The van der Waals surface area contributed by atoms with Gasteiger partial charge in [-0.2, -0.15) is 10.1 Å². The van der Waals surface area contributed by atoms with Crippen LogP contribution in [-0.2, 0) is 13.1 Å². The zero-order valence-electron chi connectivity index (χ0n) is 13.7. The molecule has 1 atom stereocenters. The van der Waals surface area contributed by atoms with Gasteiger partial charge in [0.25, 0.3) is 0 Å². The van der Waals surface area contributed by atoms with Gasteiger partial charge in [-0.15, -0.1) is 0 Å². The molecule has 3 rings (SSSR count). The molecule has 0 amide bonds. The minimum absolute atomic E-state index is 0.298. The van der Waals surface area contributed by atoms with Gasteiger partial charge in [0.2, 0.25) is 5.89 Å². The molecular weight excluding hydrogens is 278 g/mol. The smallest absolute Gasteiger partial charge is 0.229 e. The molecule has 6 heteroatoms. The second kappa shape index (κ2) is 6.60. The fraction of sp³-hybridized carbons (Fsp3) is 0.688. The van der Waals surface area contributed by atoms with Crippen molar-refractivity contribution in [2.45, 2.75) is 71.5 Å². The van der Waals surface area contributed by atoms with E-state index in [1.807, 2.05) is 11.6 Å². The van der Waals surface area contributed by atoms with E-state index < -0.39 is 0 Å². The Morgan fingerprint density at radius 3 is 2.82 bits per heavy atom. The molecule has 0 spiro atoms. The van der Waals surface area contributed by atoms with Crippen molar-refractivity contribution in [1.82, 2.24) is 25.2 Å². The number of aromatic nitrogens is 4. The lowest BCUT2D eigenvalue weighted by atomic mass is 10.1. The summed E-state index contributed by atoms with van der Waals surface area (Å²) in [7, 11) is 0. The third-order valence-electron chi connectivity index (χ3n) is 4.35. The maximum absolute atomic E-state index is 5.40. The number of aryl methyl sites for hydroxylation is 2. The number of rotatable bonds is 6. The minimum Gasteiger partial charge on any atom is -0.339 e. The molecule has 0 saturated heterocycles. The molecule has 2 heterocycles. The Morgan fingerprint density at radius 1 is 1.36 bits per heavy atom. The van der Waals surface area contributed by atoms with Gasteiger partial charge in [0, 0.05) is 17.7 Å². The maximum atomic E-state index is 5.40. The van der Waals surface area contributed by atoms with Crippen molar-refractivity contribution in [3.8, 4) is 0 Å². The highest BCUT2D eigenvalue weighted by Crippen LogP contribution is 2.32. The molecule has 2 aromatic heterocycles. The number of hydrogen-bond acceptors (Lipinski definition) is 5. The Balaban J connectivity index is 1.50. The van der Waals surface area contributed by atoms with E-state index in [0.717, 1.165) is 24.0 Å². The number of nitrogens with one attached hydrogen (secondary N) is 1. The van der Waals surface area contributed by atoms with Crippen molar-refractivity contribution in [3.05, 3.63) is 29.2 Å². The summed E-state index contributed by atoms with van der Waals surface area (Å²) >= 11 is 0. The highest BCUT2D eigenvalue weighted by Gasteiger charge is 2.22. The van der Waals surface area contributed by atoms with E-state index in [1.165, 1.54) is 31.4 Å². The average molecular weight is 303 g/mol. The Bertz CT molecular complexity index is 612. The zero-order chi connectivity index (χ0) is 15.5. The van der Waals surface area contributed by atoms with Crippen molar-refractivity contribution in [1.29, 1.82) is 0 Å². The van der Waals surface area contributed by atoms with Gasteiger partial charge in [0.15, 0.2) is 5.82 Å². The fourth-order valence-corrected chi connectivity index (χ4v) is 3.13. The molecule has 1 aliphatic carbocycles. The molecule has 1 aliphatic rings. The predicted molar refractivity (Wildman–Crippen MR) is 83.5 cm³/mol. The lowest BCUT2D eigenvalue weighted by Crippen LogP contribution is -2.31. The van der Waals surface area contributed by atoms with Crippen molar-refractivity contribution >= 4 is 0 Å². The largest absolute Gasteiger partial charge is 0.339 e. The Kier molecular flexibility index (Phi) is 4.57. The standard InChI is InChI=1S/C16H25N5O/c1-11-8-13(3)21(19-11)10-12(2)17-9-15-18-16(22-20-15)14-6-4-5-7-14/h8,12,14,17H,4-7,9-10H2,1-3H3/t12-/m0/s1.